The van der Waals surface area contributed by atoms with Crippen LogP contribution in [0.5, 0.6) is 0 Å². The number of hydrogen-bond donors (Lipinski definition) is 3. The molecule has 1 unspecified atom stereocenters. The predicted molar refractivity (Wildman–Crippen MR) is 79.1 cm³/mol. The van der Waals surface area contributed by atoms with Crippen LogP contribution >= 0.6 is 0 Å². The fourth-order valence-corrected chi connectivity index (χ4v) is 1.83. The highest BCUT2D eigenvalue weighted by Gasteiger charge is 2.20. The van der Waals surface area contributed by atoms with E-state index in [1.807, 2.05) is 51.1 Å². The van der Waals surface area contributed by atoms with E-state index in [1.54, 1.807) is 0 Å². The van der Waals surface area contributed by atoms with Gasteiger partial charge in [-0.2, -0.15) is 0 Å². The summed E-state index contributed by atoms with van der Waals surface area (Å²) in [7, 11) is 0. The van der Waals surface area contributed by atoms with Crippen LogP contribution in [-0.4, -0.2) is 30.4 Å². The maximum atomic E-state index is 12.1. The van der Waals surface area contributed by atoms with Crippen LogP contribution in [-0.2, 0) is 9.59 Å². The molecule has 0 aliphatic rings. The van der Waals surface area contributed by atoms with Crippen molar-refractivity contribution in [3.63, 3.8) is 0 Å². The van der Waals surface area contributed by atoms with Crippen LogP contribution in [0.15, 0.2) is 30.3 Å². The Labute approximate surface area is 119 Å². The van der Waals surface area contributed by atoms with Gasteiger partial charge in [-0.15, -0.1) is 0 Å². The number of hydrogen-bond acceptors (Lipinski definition) is 3. The molecular weight excluding hydrogens is 254 g/mol. The molecule has 1 aromatic rings. The van der Waals surface area contributed by atoms with Crippen LogP contribution in [0.1, 0.15) is 32.3 Å². The Morgan fingerprint density at radius 1 is 1.20 bits per heavy atom. The monoisotopic (exact) mass is 277 g/mol. The Bertz CT molecular complexity index is 452. The van der Waals surface area contributed by atoms with Crippen molar-refractivity contribution < 1.29 is 9.59 Å². The van der Waals surface area contributed by atoms with Gasteiger partial charge in [-0.25, -0.2) is 0 Å². The van der Waals surface area contributed by atoms with Gasteiger partial charge in [0.2, 0.25) is 11.8 Å². The molecule has 110 valence electrons. The highest BCUT2D eigenvalue weighted by molar-refractivity contribution is 5.88. The van der Waals surface area contributed by atoms with Crippen LogP contribution < -0.4 is 16.4 Å². The molecule has 5 heteroatoms. The Balaban J connectivity index is 2.55. The molecule has 1 atom stereocenters. The second kappa shape index (κ2) is 7.05. The first-order chi connectivity index (χ1) is 9.33. The second-order valence-corrected chi connectivity index (χ2v) is 5.71. The average Bonchev–Trinajstić information content (AvgIpc) is 2.36. The Hall–Kier alpha value is -1.88. The van der Waals surface area contributed by atoms with E-state index in [9.17, 15) is 9.59 Å². The summed E-state index contributed by atoms with van der Waals surface area (Å²) in [4.78, 5) is 23.7. The molecular formula is C15H23N3O2. The summed E-state index contributed by atoms with van der Waals surface area (Å²) < 4.78 is 0. The van der Waals surface area contributed by atoms with Crippen molar-refractivity contribution >= 4 is 11.8 Å². The van der Waals surface area contributed by atoms with Gasteiger partial charge >= 0.3 is 0 Å². The van der Waals surface area contributed by atoms with Gasteiger partial charge in [0.1, 0.15) is 0 Å². The van der Waals surface area contributed by atoms with E-state index in [1.165, 1.54) is 0 Å². The van der Waals surface area contributed by atoms with E-state index in [0.717, 1.165) is 5.56 Å². The van der Waals surface area contributed by atoms with E-state index in [0.29, 0.717) is 0 Å². The molecule has 0 fully saturated rings. The number of carbonyl (C=O) groups excluding carboxylic acids is 2. The first-order valence-corrected chi connectivity index (χ1v) is 6.67. The lowest BCUT2D eigenvalue weighted by molar-refractivity contribution is -0.127. The lowest BCUT2D eigenvalue weighted by Crippen LogP contribution is -2.47. The van der Waals surface area contributed by atoms with E-state index in [4.69, 9.17) is 5.73 Å². The molecule has 4 N–H and O–H groups in total. The summed E-state index contributed by atoms with van der Waals surface area (Å²) in [5.74, 6) is -0.879. The van der Waals surface area contributed by atoms with Gasteiger partial charge < -0.3 is 16.4 Å². The third-order valence-corrected chi connectivity index (χ3v) is 2.69. The quantitative estimate of drug-likeness (QED) is 0.743. The molecule has 0 aliphatic heterocycles. The minimum atomic E-state index is -0.432. The maximum absolute atomic E-state index is 12.1. The van der Waals surface area contributed by atoms with Gasteiger partial charge in [0, 0.05) is 12.1 Å². The number of benzene rings is 1. The molecule has 2 amide bonds. The lowest BCUT2D eigenvalue weighted by Gasteiger charge is -2.21. The zero-order valence-electron chi connectivity index (χ0n) is 12.3. The maximum Gasteiger partial charge on any atom is 0.239 e. The SMILES string of the molecule is CC(C)(C)NC(=O)CNC(=O)C(CN)c1ccccc1. The molecule has 0 aliphatic carbocycles. The average molecular weight is 277 g/mol. The number of carbonyl (C=O) groups is 2. The predicted octanol–water partition coefficient (Wildman–Crippen LogP) is 0.760. The van der Waals surface area contributed by atoms with Crippen LogP contribution in [0.3, 0.4) is 0 Å². The third-order valence-electron chi connectivity index (χ3n) is 2.69. The molecule has 0 aromatic heterocycles. The van der Waals surface area contributed by atoms with Crippen LogP contribution in [0.4, 0.5) is 0 Å². The lowest BCUT2D eigenvalue weighted by atomic mass is 9.98. The van der Waals surface area contributed by atoms with Gasteiger partial charge in [0.05, 0.1) is 12.5 Å². The molecule has 1 rings (SSSR count). The van der Waals surface area contributed by atoms with Crippen molar-refractivity contribution in [2.75, 3.05) is 13.1 Å². The van der Waals surface area contributed by atoms with Gasteiger partial charge in [0.15, 0.2) is 0 Å². The smallest absolute Gasteiger partial charge is 0.239 e. The van der Waals surface area contributed by atoms with Crippen molar-refractivity contribution in [3.8, 4) is 0 Å². The number of nitrogens with one attached hydrogen (secondary N) is 2. The van der Waals surface area contributed by atoms with E-state index in [-0.39, 0.29) is 30.4 Å². The minimum Gasteiger partial charge on any atom is -0.350 e. The van der Waals surface area contributed by atoms with E-state index in [2.05, 4.69) is 10.6 Å². The highest BCUT2D eigenvalue weighted by Crippen LogP contribution is 2.13. The molecule has 5 nitrogen and oxygen atoms in total. The van der Waals surface area contributed by atoms with Crippen molar-refractivity contribution in [1.82, 2.24) is 10.6 Å². The number of rotatable bonds is 5. The Morgan fingerprint density at radius 3 is 2.30 bits per heavy atom. The molecule has 0 spiro atoms. The van der Waals surface area contributed by atoms with E-state index < -0.39 is 5.92 Å². The zero-order valence-corrected chi connectivity index (χ0v) is 12.3. The molecule has 0 bridgehead atoms. The first kappa shape index (κ1) is 16.2. The fraction of sp³-hybridized carbons (Fsp3) is 0.467. The topological polar surface area (TPSA) is 84.2 Å². The molecule has 0 saturated heterocycles. The summed E-state index contributed by atoms with van der Waals surface area (Å²) in [5.41, 5.74) is 6.19. The van der Waals surface area contributed by atoms with Crippen molar-refractivity contribution in [1.29, 1.82) is 0 Å². The summed E-state index contributed by atoms with van der Waals surface area (Å²) in [6.07, 6.45) is 0. The highest BCUT2D eigenvalue weighted by atomic mass is 16.2. The third kappa shape index (κ3) is 5.40. The molecule has 0 radical (unpaired) electrons. The summed E-state index contributed by atoms with van der Waals surface area (Å²) in [6, 6.07) is 9.31. The normalized spacial score (nSPS) is 12.6. The zero-order chi connectivity index (χ0) is 15.2. The summed E-state index contributed by atoms with van der Waals surface area (Å²) in [5, 5.41) is 5.41. The van der Waals surface area contributed by atoms with Crippen LogP contribution in [0, 0.1) is 0 Å². The Kier molecular flexibility index (Phi) is 5.70. The summed E-state index contributed by atoms with van der Waals surface area (Å²) >= 11 is 0. The Morgan fingerprint density at radius 2 is 1.80 bits per heavy atom. The minimum absolute atomic E-state index is 0.0422. The first-order valence-electron chi connectivity index (χ1n) is 6.67. The summed E-state index contributed by atoms with van der Waals surface area (Å²) in [6.45, 7) is 5.83. The largest absolute Gasteiger partial charge is 0.350 e. The second-order valence-electron chi connectivity index (χ2n) is 5.71. The van der Waals surface area contributed by atoms with Crippen molar-refractivity contribution in [2.45, 2.75) is 32.2 Å². The van der Waals surface area contributed by atoms with Crippen LogP contribution in [0.2, 0.25) is 0 Å². The van der Waals surface area contributed by atoms with E-state index >= 15 is 0 Å². The number of nitrogens with two attached hydrogens (primary N) is 1. The standard InChI is InChI=1S/C15H23N3O2/c1-15(2,3)18-13(19)10-17-14(20)12(9-16)11-7-5-4-6-8-11/h4-8,12H,9-10,16H2,1-3H3,(H,17,20)(H,18,19). The molecule has 0 heterocycles. The van der Waals surface area contributed by atoms with Gasteiger partial charge in [-0.1, -0.05) is 30.3 Å². The van der Waals surface area contributed by atoms with Gasteiger partial charge in [-0.3, -0.25) is 9.59 Å². The fourth-order valence-electron chi connectivity index (χ4n) is 1.83. The molecule has 0 saturated carbocycles. The molecule has 20 heavy (non-hydrogen) atoms. The van der Waals surface area contributed by atoms with Crippen molar-refractivity contribution in [3.05, 3.63) is 35.9 Å². The van der Waals surface area contributed by atoms with Crippen LogP contribution in [0.25, 0.3) is 0 Å². The molecule has 1 aromatic carbocycles. The van der Waals surface area contributed by atoms with Crippen molar-refractivity contribution in [2.24, 2.45) is 5.73 Å². The van der Waals surface area contributed by atoms with Gasteiger partial charge in [-0.05, 0) is 26.3 Å². The number of amides is 2. The van der Waals surface area contributed by atoms with Gasteiger partial charge in [0.25, 0.3) is 0 Å².